The van der Waals surface area contributed by atoms with Crippen LogP contribution in [0.1, 0.15) is 18.4 Å². The van der Waals surface area contributed by atoms with Gasteiger partial charge in [0.2, 0.25) is 11.8 Å². The first-order valence-corrected chi connectivity index (χ1v) is 12.7. The Balaban J connectivity index is 1.80. The molecule has 4 amide bonds. The highest BCUT2D eigenvalue weighted by molar-refractivity contribution is 6.40. The lowest BCUT2D eigenvalue weighted by Crippen LogP contribution is -2.55. The lowest BCUT2D eigenvalue weighted by molar-refractivity contribution is -0.321. The number of ether oxygens (including phenoxy) is 2. The van der Waals surface area contributed by atoms with Crippen molar-refractivity contribution in [2.24, 2.45) is 5.92 Å². The molecule has 3 atom stereocenters. The molecule has 3 rings (SSSR count). The summed E-state index contributed by atoms with van der Waals surface area (Å²) in [5.74, 6) is -6.18. The van der Waals surface area contributed by atoms with E-state index in [2.05, 4.69) is 26.0 Å². The number of hydrogen-bond donors (Lipinski definition) is 4. The molecule has 1 fully saturated rings. The van der Waals surface area contributed by atoms with Crippen molar-refractivity contribution in [1.29, 1.82) is 0 Å². The van der Waals surface area contributed by atoms with Crippen molar-refractivity contribution in [2.45, 2.75) is 37.7 Å². The molecule has 1 heterocycles. The van der Waals surface area contributed by atoms with Crippen molar-refractivity contribution in [3.63, 3.8) is 0 Å². The van der Waals surface area contributed by atoms with Crippen molar-refractivity contribution >= 4 is 35.1 Å². The van der Waals surface area contributed by atoms with Gasteiger partial charge in [-0.15, -0.1) is 13.2 Å². The topological polar surface area (TPSA) is 152 Å². The summed E-state index contributed by atoms with van der Waals surface area (Å²) in [6, 6.07) is 7.87. The van der Waals surface area contributed by atoms with Crippen LogP contribution in [0.4, 0.5) is 23.2 Å². The second kappa shape index (κ2) is 14.4. The maximum absolute atomic E-state index is 13.8. The molecule has 0 spiro atoms. The molecule has 2 aromatic carbocycles. The van der Waals surface area contributed by atoms with Crippen LogP contribution in [0.3, 0.4) is 0 Å². The first-order valence-electron chi connectivity index (χ1n) is 12.7. The van der Waals surface area contributed by atoms with Gasteiger partial charge in [-0.1, -0.05) is 18.2 Å². The van der Waals surface area contributed by atoms with Gasteiger partial charge < -0.3 is 26.0 Å². The van der Waals surface area contributed by atoms with Gasteiger partial charge >= 0.3 is 18.2 Å². The SMILES string of the molecule is COc1cccc(NC(=O)C(=O)NC(Cc2cccc(F)c2)C(=O)NC(CC2CCNC2=O)C(=O)COC(F)(F)F)c1. The summed E-state index contributed by atoms with van der Waals surface area (Å²) in [6.45, 7) is -1.16. The summed E-state index contributed by atoms with van der Waals surface area (Å²) in [5.41, 5.74) is 0.424. The molecular weight excluding hydrogens is 568 g/mol. The van der Waals surface area contributed by atoms with Crippen LogP contribution in [0.25, 0.3) is 0 Å². The van der Waals surface area contributed by atoms with Crippen molar-refractivity contribution in [3.8, 4) is 5.75 Å². The highest BCUT2D eigenvalue weighted by Crippen LogP contribution is 2.20. The number of benzene rings is 2. The largest absolute Gasteiger partial charge is 0.522 e. The van der Waals surface area contributed by atoms with Crippen LogP contribution in [0, 0.1) is 11.7 Å². The first kappa shape index (κ1) is 32.0. The quantitative estimate of drug-likeness (QED) is 0.215. The van der Waals surface area contributed by atoms with Crippen LogP contribution in [-0.2, 0) is 35.1 Å². The Hall–Kier alpha value is -4.53. The fourth-order valence-corrected chi connectivity index (χ4v) is 4.17. The summed E-state index contributed by atoms with van der Waals surface area (Å²) >= 11 is 0. The number of carbonyl (C=O) groups excluding carboxylic acids is 5. The van der Waals surface area contributed by atoms with Gasteiger partial charge in [-0.05, 0) is 42.7 Å². The van der Waals surface area contributed by atoms with Crippen LogP contribution in [0.5, 0.6) is 5.75 Å². The van der Waals surface area contributed by atoms with E-state index in [9.17, 15) is 41.5 Å². The maximum atomic E-state index is 13.8. The Labute approximate surface area is 237 Å². The normalized spacial score (nSPS) is 16.1. The van der Waals surface area contributed by atoms with Gasteiger partial charge in [-0.25, -0.2) is 4.39 Å². The minimum absolute atomic E-state index is 0.200. The molecule has 226 valence electrons. The van der Waals surface area contributed by atoms with Gasteiger partial charge in [-0.2, -0.15) is 0 Å². The number of amides is 4. The molecule has 0 aromatic heterocycles. The highest BCUT2D eigenvalue weighted by atomic mass is 19.4. The summed E-state index contributed by atoms with van der Waals surface area (Å²) in [7, 11) is 1.40. The van der Waals surface area contributed by atoms with Crippen molar-refractivity contribution < 1.29 is 51.0 Å². The minimum Gasteiger partial charge on any atom is -0.497 e. The van der Waals surface area contributed by atoms with Crippen LogP contribution in [0.15, 0.2) is 48.5 Å². The molecule has 3 unspecified atom stereocenters. The van der Waals surface area contributed by atoms with Crippen LogP contribution in [-0.4, -0.2) is 68.1 Å². The van der Waals surface area contributed by atoms with E-state index in [4.69, 9.17) is 4.74 Å². The van der Waals surface area contributed by atoms with E-state index < -0.39 is 66.2 Å². The number of anilines is 1. The summed E-state index contributed by atoms with van der Waals surface area (Å²) in [4.78, 5) is 63.4. The van der Waals surface area contributed by atoms with Crippen LogP contribution in [0.2, 0.25) is 0 Å². The first-order chi connectivity index (χ1) is 19.8. The predicted molar refractivity (Wildman–Crippen MR) is 138 cm³/mol. The number of hydrogen-bond acceptors (Lipinski definition) is 7. The van der Waals surface area contributed by atoms with E-state index in [0.717, 1.165) is 12.1 Å². The molecule has 0 aliphatic carbocycles. The smallest absolute Gasteiger partial charge is 0.497 e. The lowest BCUT2D eigenvalue weighted by Gasteiger charge is -2.24. The van der Waals surface area contributed by atoms with Gasteiger partial charge in [0.15, 0.2) is 5.78 Å². The van der Waals surface area contributed by atoms with E-state index >= 15 is 0 Å². The Bertz CT molecular complexity index is 1320. The second-order valence-corrected chi connectivity index (χ2v) is 9.32. The number of halogens is 4. The van der Waals surface area contributed by atoms with E-state index in [-0.39, 0.29) is 37.1 Å². The molecule has 15 heteroatoms. The van der Waals surface area contributed by atoms with Crippen LogP contribution >= 0.6 is 0 Å². The summed E-state index contributed by atoms with van der Waals surface area (Å²) < 4.78 is 60.2. The summed E-state index contributed by atoms with van der Waals surface area (Å²) in [6.07, 6.45) is -5.55. The highest BCUT2D eigenvalue weighted by Gasteiger charge is 2.36. The van der Waals surface area contributed by atoms with E-state index in [1.54, 1.807) is 12.1 Å². The Morgan fingerprint density at radius 2 is 1.76 bits per heavy atom. The average Bonchev–Trinajstić information content (AvgIpc) is 3.34. The van der Waals surface area contributed by atoms with Gasteiger partial charge in [0.25, 0.3) is 0 Å². The van der Waals surface area contributed by atoms with Gasteiger partial charge in [0.05, 0.1) is 13.2 Å². The maximum Gasteiger partial charge on any atom is 0.522 e. The molecule has 42 heavy (non-hydrogen) atoms. The molecule has 0 bridgehead atoms. The third-order valence-electron chi connectivity index (χ3n) is 6.25. The summed E-state index contributed by atoms with van der Waals surface area (Å²) in [5, 5.41) is 9.35. The zero-order valence-corrected chi connectivity index (χ0v) is 22.3. The molecule has 4 N–H and O–H groups in total. The Morgan fingerprint density at radius 3 is 2.40 bits per heavy atom. The van der Waals surface area contributed by atoms with Crippen molar-refractivity contribution in [1.82, 2.24) is 16.0 Å². The number of methoxy groups -OCH3 is 1. The van der Waals surface area contributed by atoms with E-state index in [0.29, 0.717) is 5.75 Å². The Kier molecular flexibility index (Phi) is 11.0. The third kappa shape index (κ3) is 9.83. The predicted octanol–water partition coefficient (Wildman–Crippen LogP) is 1.62. The number of Topliss-reactive ketones (excluding diaryl/α,β-unsaturated/α-hetero) is 1. The fraction of sp³-hybridized carbons (Fsp3) is 0.370. The zero-order chi connectivity index (χ0) is 30.9. The monoisotopic (exact) mass is 596 g/mol. The van der Waals surface area contributed by atoms with Crippen molar-refractivity contribution in [3.05, 3.63) is 59.9 Å². The fourth-order valence-electron chi connectivity index (χ4n) is 4.17. The standard InChI is InChI=1S/C27H28F4N4O7/c1-41-19-7-3-6-18(13-19)33-25(39)26(40)35-21(11-15-4-2-5-17(28)10-15)24(38)34-20(12-16-8-9-32-23(16)37)22(36)14-42-27(29,30)31/h2-7,10,13,16,20-21H,8-9,11-12,14H2,1H3,(H,32,37)(H,33,39)(H,34,38)(H,35,40). The average molecular weight is 597 g/mol. The molecule has 2 aromatic rings. The van der Waals surface area contributed by atoms with Gasteiger partial charge in [-0.3, -0.25) is 28.7 Å². The Morgan fingerprint density at radius 1 is 1.02 bits per heavy atom. The van der Waals surface area contributed by atoms with Gasteiger partial charge in [0, 0.05) is 30.6 Å². The molecule has 11 nitrogen and oxygen atoms in total. The molecular formula is C27H28F4N4O7. The van der Waals surface area contributed by atoms with E-state index in [1.807, 2.05) is 0 Å². The molecule has 1 saturated heterocycles. The minimum atomic E-state index is -5.13. The third-order valence-corrected chi connectivity index (χ3v) is 6.25. The van der Waals surface area contributed by atoms with E-state index in [1.165, 1.54) is 31.4 Å². The molecule has 1 aliphatic heterocycles. The van der Waals surface area contributed by atoms with Crippen LogP contribution < -0.4 is 26.0 Å². The number of nitrogens with one attached hydrogen (secondary N) is 4. The second-order valence-electron chi connectivity index (χ2n) is 9.32. The lowest BCUT2D eigenvalue weighted by atomic mass is 9.95. The molecule has 0 radical (unpaired) electrons. The zero-order valence-electron chi connectivity index (χ0n) is 22.3. The number of ketones is 1. The number of alkyl halides is 3. The number of carbonyl (C=O) groups is 5. The molecule has 0 saturated carbocycles. The number of rotatable bonds is 12. The molecule has 1 aliphatic rings. The van der Waals surface area contributed by atoms with Crippen molar-refractivity contribution in [2.75, 3.05) is 25.6 Å². The van der Waals surface area contributed by atoms with Gasteiger partial charge in [0.1, 0.15) is 24.2 Å².